The molecule has 4 aromatic rings. The van der Waals surface area contributed by atoms with Gasteiger partial charge in [0.05, 0.1) is 0 Å². The van der Waals surface area contributed by atoms with Crippen LogP contribution in [-0.4, -0.2) is 47.0 Å². The highest BCUT2D eigenvalue weighted by atomic mass is 35.5. The maximum absolute atomic E-state index is 13.0. The maximum atomic E-state index is 13.0. The molecule has 3 heterocycles. The van der Waals surface area contributed by atoms with E-state index in [4.69, 9.17) is 11.6 Å². The predicted octanol–water partition coefficient (Wildman–Crippen LogP) is 4.21. The summed E-state index contributed by atoms with van der Waals surface area (Å²) in [5.74, 6) is 0.867. The molecule has 1 N–H and O–H groups in total. The zero-order valence-corrected chi connectivity index (χ0v) is 18.0. The van der Waals surface area contributed by atoms with Gasteiger partial charge in [0.2, 0.25) is 5.56 Å². The van der Waals surface area contributed by atoms with Gasteiger partial charge in [-0.25, -0.2) is 4.98 Å². The van der Waals surface area contributed by atoms with Crippen LogP contribution in [0.4, 0.5) is 5.82 Å². The van der Waals surface area contributed by atoms with Crippen LogP contribution in [0.25, 0.3) is 22.0 Å². The number of halogens is 1. The lowest BCUT2D eigenvalue weighted by molar-refractivity contribution is 0.0746. The number of pyridine rings is 2. The molecular formula is C25H21ClN4O2. The molecule has 0 radical (unpaired) electrons. The van der Waals surface area contributed by atoms with Gasteiger partial charge in [-0.3, -0.25) is 9.59 Å². The largest absolute Gasteiger partial charge is 0.353 e. The molecular weight excluding hydrogens is 424 g/mol. The van der Waals surface area contributed by atoms with E-state index in [0.29, 0.717) is 42.3 Å². The SMILES string of the molecule is O=C(c1ccc2ccc(=O)[nH]c2c1)N1CCN(c2ccc(-c3cccc(Cl)c3)cn2)CC1. The van der Waals surface area contributed by atoms with Crippen molar-refractivity contribution in [2.75, 3.05) is 31.1 Å². The molecule has 0 aliphatic carbocycles. The Morgan fingerprint density at radius 3 is 2.47 bits per heavy atom. The summed E-state index contributed by atoms with van der Waals surface area (Å²) in [6.07, 6.45) is 1.86. The smallest absolute Gasteiger partial charge is 0.254 e. The summed E-state index contributed by atoms with van der Waals surface area (Å²) in [6, 6.07) is 20.4. The average Bonchev–Trinajstić information content (AvgIpc) is 2.83. The molecule has 2 aromatic carbocycles. The lowest BCUT2D eigenvalue weighted by Gasteiger charge is -2.35. The van der Waals surface area contributed by atoms with Crippen LogP contribution in [0.5, 0.6) is 0 Å². The van der Waals surface area contributed by atoms with E-state index in [0.717, 1.165) is 22.3 Å². The normalized spacial score (nSPS) is 14.0. The van der Waals surface area contributed by atoms with E-state index in [1.165, 1.54) is 6.07 Å². The highest BCUT2D eigenvalue weighted by Gasteiger charge is 2.23. The second-order valence-electron chi connectivity index (χ2n) is 7.82. The molecule has 2 aromatic heterocycles. The lowest BCUT2D eigenvalue weighted by Crippen LogP contribution is -2.49. The number of fused-ring (bicyclic) bond motifs is 1. The Bertz CT molecular complexity index is 1340. The van der Waals surface area contributed by atoms with Crippen molar-refractivity contribution in [1.29, 1.82) is 0 Å². The van der Waals surface area contributed by atoms with Crippen molar-refractivity contribution in [3.8, 4) is 11.1 Å². The van der Waals surface area contributed by atoms with Crippen molar-refractivity contribution < 1.29 is 4.79 Å². The van der Waals surface area contributed by atoms with Gasteiger partial charge in [0, 0.05) is 60.1 Å². The predicted molar refractivity (Wildman–Crippen MR) is 127 cm³/mol. The molecule has 7 heteroatoms. The number of rotatable bonds is 3. The molecule has 0 spiro atoms. The molecule has 1 aliphatic heterocycles. The fraction of sp³-hybridized carbons (Fsp3) is 0.160. The van der Waals surface area contributed by atoms with Gasteiger partial charge in [-0.15, -0.1) is 0 Å². The number of anilines is 1. The van der Waals surface area contributed by atoms with Gasteiger partial charge in [-0.2, -0.15) is 0 Å². The average molecular weight is 445 g/mol. The van der Waals surface area contributed by atoms with Crippen molar-refractivity contribution in [1.82, 2.24) is 14.9 Å². The number of nitrogens with one attached hydrogen (secondary N) is 1. The first-order valence-corrected chi connectivity index (χ1v) is 10.8. The first kappa shape index (κ1) is 20.3. The van der Waals surface area contributed by atoms with Gasteiger partial charge in [-0.1, -0.05) is 29.8 Å². The number of benzene rings is 2. The van der Waals surface area contributed by atoms with Crippen LogP contribution in [0.15, 0.2) is 77.7 Å². The Labute approximate surface area is 190 Å². The van der Waals surface area contributed by atoms with E-state index in [2.05, 4.69) is 14.9 Å². The van der Waals surface area contributed by atoms with Crippen LogP contribution in [0, 0.1) is 0 Å². The number of amides is 1. The lowest BCUT2D eigenvalue weighted by atomic mass is 10.1. The summed E-state index contributed by atoms with van der Waals surface area (Å²) in [7, 11) is 0. The molecule has 1 saturated heterocycles. The number of aromatic nitrogens is 2. The van der Waals surface area contributed by atoms with Gasteiger partial charge >= 0.3 is 0 Å². The van der Waals surface area contributed by atoms with E-state index >= 15 is 0 Å². The summed E-state index contributed by atoms with van der Waals surface area (Å²) in [6.45, 7) is 2.64. The van der Waals surface area contributed by atoms with Gasteiger partial charge in [0.25, 0.3) is 5.91 Å². The molecule has 32 heavy (non-hydrogen) atoms. The number of carbonyl (C=O) groups excluding carboxylic acids is 1. The Morgan fingerprint density at radius 2 is 1.72 bits per heavy atom. The molecule has 0 bridgehead atoms. The summed E-state index contributed by atoms with van der Waals surface area (Å²) in [4.78, 5) is 36.0. The summed E-state index contributed by atoms with van der Waals surface area (Å²) >= 11 is 6.09. The third kappa shape index (κ3) is 4.09. The standard InChI is InChI=1S/C25H21ClN4O2/c26-21-3-1-2-18(14-21)20-6-8-23(27-16-20)29-10-12-30(13-11-29)25(32)19-5-4-17-7-9-24(31)28-22(17)15-19/h1-9,14-16H,10-13H2,(H,28,31). The second kappa shape index (κ2) is 8.48. The maximum Gasteiger partial charge on any atom is 0.254 e. The Balaban J connectivity index is 1.26. The number of aromatic amines is 1. The third-order valence-corrected chi connectivity index (χ3v) is 6.00. The van der Waals surface area contributed by atoms with Gasteiger partial charge in [-0.05, 0) is 53.4 Å². The van der Waals surface area contributed by atoms with Crippen molar-refractivity contribution in [3.05, 3.63) is 93.9 Å². The first-order valence-electron chi connectivity index (χ1n) is 10.5. The van der Waals surface area contributed by atoms with Crippen molar-refractivity contribution in [2.24, 2.45) is 0 Å². The number of nitrogens with zero attached hydrogens (tertiary/aromatic N) is 3. The van der Waals surface area contributed by atoms with E-state index in [1.807, 2.05) is 59.6 Å². The number of hydrogen-bond donors (Lipinski definition) is 1. The van der Waals surface area contributed by atoms with Crippen LogP contribution in [0.1, 0.15) is 10.4 Å². The molecule has 1 amide bonds. The molecule has 5 rings (SSSR count). The van der Waals surface area contributed by atoms with E-state index < -0.39 is 0 Å². The number of H-pyrrole nitrogens is 1. The van der Waals surface area contributed by atoms with Crippen LogP contribution < -0.4 is 10.5 Å². The zero-order valence-electron chi connectivity index (χ0n) is 17.3. The van der Waals surface area contributed by atoms with Crippen LogP contribution in [-0.2, 0) is 0 Å². The molecule has 1 aliphatic rings. The minimum atomic E-state index is -0.176. The summed E-state index contributed by atoms with van der Waals surface area (Å²) < 4.78 is 0. The summed E-state index contributed by atoms with van der Waals surface area (Å²) in [5, 5.41) is 1.60. The fourth-order valence-corrected chi connectivity index (χ4v) is 4.21. The number of piperazine rings is 1. The highest BCUT2D eigenvalue weighted by Crippen LogP contribution is 2.24. The Hall–Kier alpha value is -3.64. The number of carbonyl (C=O) groups is 1. The van der Waals surface area contributed by atoms with Gasteiger partial charge < -0.3 is 14.8 Å². The van der Waals surface area contributed by atoms with E-state index in [1.54, 1.807) is 12.1 Å². The molecule has 0 saturated carbocycles. The highest BCUT2D eigenvalue weighted by molar-refractivity contribution is 6.30. The topological polar surface area (TPSA) is 69.3 Å². The van der Waals surface area contributed by atoms with Crippen molar-refractivity contribution >= 4 is 34.2 Å². The minimum Gasteiger partial charge on any atom is -0.353 e. The first-order chi connectivity index (χ1) is 15.6. The van der Waals surface area contributed by atoms with E-state index in [-0.39, 0.29) is 11.5 Å². The zero-order chi connectivity index (χ0) is 22.1. The van der Waals surface area contributed by atoms with Crippen LogP contribution >= 0.6 is 11.6 Å². The Morgan fingerprint density at radius 1 is 0.906 bits per heavy atom. The van der Waals surface area contributed by atoms with Crippen molar-refractivity contribution in [3.63, 3.8) is 0 Å². The molecule has 6 nitrogen and oxygen atoms in total. The third-order valence-electron chi connectivity index (χ3n) is 5.77. The second-order valence-corrected chi connectivity index (χ2v) is 8.26. The monoisotopic (exact) mass is 444 g/mol. The minimum absolute atomic E-state index is 0.0273. The molecule has 0 unspecified atom stereocenters. The molecule has 160 valence electrons. The summed E-state index contributed by atoms with van der Waals surface area (Å²) in [5.41, 5.74) is 3.12. The molecule has 1 fully saturated rings. The fourth-order valence-electron chi connectivity index (χ4n) is 4.02. The molecule has 0 atom stereocenters. The van der Waals surface area contributed by atoms with Crippen LogP contribution in [0.2, 0.25) is 5.02 Å². The van der Waals surface area contributed by atoms with E-state index in [9.17, 15) is 9.59 Å². The van der Waals surface area contributed by atoms with Gasteiger partial charge in [0.1, 0.15) is 5.82 Å². The van der Waals surface area contributed by atoms with Crippen molar-refractivity contribution in [2.45, 2.75) is 0 Å². The quantitative estimate of drug-likeness (QED) is 0.514. The Kier molecular flexibility index (Phi) is 5.37. The van der Waals surface area contributed by atoms with Crippen LogP contribution in [0.3, 0.4) is 0 Å². The van der Waals surface area contributed by atoms with Gasteiger partial charge in [0.15, 0.2) is 0 Å². The number of hydrogen-bond acceptors (Lipinski definition) is 4.